The third-order valence-electron chi connectivity index (χ3n) is 3.85. The number of hydrogen-bond acceptors (Lipinski definition) is 3. The van der Waals surface area contributed by atoms with Crippen LogP contribution in [0.5, 0.6) is 0 Å². The maximum Gasteiger partial charge on any atom is 0.125 e. The first-order valence-corrected chi connectivity index (χ1v) is 6.58. The number of aromatic nitrogens is 2. The number of fused-ring (bicyclic) bond motifs is 1. The van der Waals surface area contributed by atoms with Crippen molar-refractivity contribution in [2.24, 2.45) is 0 Å². The van der Waals surface area contributed by atoms with Gasteiger partial charge in [0.15, 0.2) is 0 Å². The molecule has 2 heterocycles. The van der Waals surface area contributed by atoms with E-state index in [1.54, 1.807) is 13.2 Å². The molecule has 2 unspecified atom stereocenters. The first kappa shape index (κ1) is 12.6. The summed E-state index contributed by atoms with van der Waals surface area (Å²) in [4.78, 5) is 4.46. The molecule has 1 aromatic carbocycles. The quantitative estimate of drug-likeness (QED) is 0.901. The van der Waals surface area contributed by atoms with E-state index in [4.69, 9.17) is 4.74 Å². The van der Waals surface area contributed by atoms with Crippen molar-refractivity contribution in [3.63, 3.8) is 0 Å². The van der Waals surface area contributed by atoms with Gasteiger partial charge in [0.2, 0.25) is 0 Å². The van der Waals surface area contributed by atoms with Crippen molar-refractivity contribution < 1.29 is 9.13 Å². The second kappa shape index (κ2) is 4.90. The molecule has 19 heavy (non-hydrogen) atoms. The number of ether oxygens (including phenoxy) is 1. The lowest BCUT2D eigenvalue weighted by molar-refractivity contribution is 0.0398. The zero-order valence-electron chi connectivity index (χ0n) is 11.2. The maximum atomic E-state index is 13.3. The van der Waals surface area contributed by atoms with Crippen molar-refractivity contribution in [3.05, 3.63) is 29.8 Å². The summed E-state index contributed by atoms with van der Waals surface area (Å²) < 4.78 is 21.0. The number of rotatable bonds is 2. The number of benzene rings is 1. The van der Waals surface area contributed by atoms with Crippen LogP contribution in [0.3, 0.4) is 0 Å². The lowest BCUT2D eigenvalue weighted by Crippen LogP contribution is -2.43. The van der Waals surface area contributed by atoms with Gasteiger partial charge in [0.1, 0.15) is 11.6 Å². The molecule has 1 aliphatic heterocycles. The summed E-state index contributed by atoms with van der Waals surface area (Å²) in [5.41, 5.74) is 1.69. The van der Waals surface area contributed by atoms with Gasteiger partial charge in [-0.05, 0) is 32.0 Å². The molecule has 2 aromatic rings. The Morgan fingerprint density at radius 1 is 1.47 bits per heavy atom. The van der Waals surface area contributed by atoms with Crippen molar-refractivity contribution >= 4 is 11.0 Å². The van der Waals surface area contributed by atoms with Crippen molar-refractivity contribution in [1.82, 2.24) is 14.9 Å². The summed E-state index contributed by atoms with van der Waals surface area (Å²) >= 11 is 0. The van der Waals surface area contributed by atoms with Crippen molar-refractivity contribution in [2.45, 2.75) is 25.5 Å². The van der Waals surface area contributed by atoms with Crippen LogP contribution in [0.4, 0.5) is 4.39 Å². The molecule has 0 spiro atoms. The Morgan fingerprint density at radius 3 is 3.11 bits per heavy atom. The molecule has 0 amide bonds. The summed E-state index contributed by atoms with van der Waals surface area (Å²) in [5, 5.41) is 3.34. The number of methoxy groups -OCH3 is 1. The molecule has 2 atom stereocenters. The van der Waals surface area contributed by atoms with Gasteiger partial charge < -0.3 is 14.6 Å². The number of imidazole rings is 1. The largest absolute Gasteiger partial charge is 0.378 e. The predicted molar refractivity (Wildman–Crippen MR) is 71.7 cm³/mol. The van der Waals surface area contributed by atoms with E-state index < -0.39 is 0 Å². The van der Waals surface area contributed by atoms with Gasteiger partial charge in [-0.1, -0.05) is 0 Å². The average Bonchev–Trinajstić information content (AvgIpc) is 2.73. The van der Waals surface area contributed by atoms with Gasteiger partial charge in [0.25, 0.3) is 0 Å². The zero-order valence-corrected chi connectivity index (χ0v) is 11.2. The number of nitrogens with zero attached hydrogens (tertiary/aromatic N) is 2. The molecule has 1 saturated heterocycles. The summed E-state index contributed by atoms with van der Waals surface area (Å²) in [5.74, 6) is 0.667. The van der Waals surface area contributed by atoms with Gasteiger partial charge in [-0.3, -0.25) is 0 Å². The molecule has 0 bridgehead atoms. The van der Waals surface area contributed by atoms with Crippen LogP contribution in [0.1, 0.15) is 18.3 Å². The molecule has 4 nitrogen and oxygen atoms in total. The SMILES string of the molecule is COC1CNCCC1n1c(C)nc2cc(F)ccc21. The summed E-state index contributed by atoms with van der Waals surface area (Å²) in [7, 11) is 1.73. The van der Waals surface area contributed by atoms with Crippen LogP contribution in [0, 0.1) is 12.7 Å². The monoisotopic (exact) mass is 263 g/mol. The van der Waals surface area contributed by atoms with Gasteiger partial charge >= 0.3 is 0 Å². The number of halogens is 1. The zero-order chi connectivity index (χ0) is 13.4. The summed E-state index contributed by atoms with van der Waals surface area (Å²) in [6.45, 7) is 3.76. The van der Waals surface area contributed by atoms with Gasteiger partial charge in [0.05, 0.1) is 23.2 Å². The molecular weight excluding hydrogens is 245 g/mol. The fourth-order valence-corrected chi connectivity index (χ4v) is 2.96. The second-order valence-corrected chi connectivity index (χ2v) is 5.00. The van der Waals surface area contributed by atoms with Crippen LogP contribution in [0.2, 0.25) is 0 Å². The smallest absolute Gasteiger partial charge is 0.125 e. The Bertz CT molecular complexity index is 596. The first-order chi connectivity index (χ1) is 9.20. The molecule has 1 N–H and O–H groups in total. The number of aryl methyl sites for hydroxylation is 1. The second-order valence-electron chi connectivity index (χ2n) is 5.00. The van der Waals surface area contributed by atoms with Crippen LogP contribution < -0.4 is 5.32 Å². The molecule has 1 aromatic heterocycles. The number of hydrogen-bond donors (Lipinski definition) is 1. The minimum absolute atomic E-state index is 0.120. The highest BCUT2D eigenvalue weighted by Crippen LogP contribution is 2.28. The predicted octanol–water partition coefficient (Wildman–Crippen LogP) is 2.03. The minimum atomic E-state index is -0.245. The highest BCUT2D eigenvalue weighted by Gasteiger charge is 2.28. The highest BCUT2D eigenvalue weighted by molar-refractivity contribution is 5.76. The fraction of sp³-hybridized carbons (Fsp3) is 0.500. The van der Waals surface area contributed by atoms with Gasteiger partial charge in [0, 0.05) is 19.7 Å². The van der Waals surface area contributed by atoms with Crippen LogP contribution >= 0.6 is 0 Å². The topological polar surface area (TPSA) is 39.1 Å². The van der Waals surface area contributed by atoms with Crippen molar-refractivity contribution in [1.29, 1.82) is 0 Å². The lowest BCUT2D eigenvalue weighted by Gasteiger charge is -2.33. The molecular formula is C14H18FN3O. The Balaban J connectivity index is 2.10. The first-order valence-electron chi connectivity index (χ1n) is 6.58. The van der Waals surface area contributed by atoms with Crippen LogP contribution in [0.15, 0.2) is 18.2 Å². The van der Waals surface area contributed by atoms with Crippen molar-refractivity contribution in [3.8, 4) is 0 Å². The van der Waals surface area contributed by atoms with Crippen LogP contribution in [-0.4, -0.2) is 35.9 Å². The minimum Gasteiger partial charge on any atom is -0.378 e. The Kier molecular flexibility index (Phi) is 3.24. The maximum absolute atomic E-state index is 13.3. The van der Waals surface area contributed by atoms with Crippen LogP contribution in [0.25, 0.3) is 11.0 Å². The number of nitrogens with one attached hydrogen (secondary N) is 1. The molecule has 1 fully saturated rings. The molecule has 5 heteroatoms. The van der Waals surface area contributed by atoms with Crippen molar-refractivity contribution in [2.75, 3.05) is 20.2 Å². The van der Waals surface area contributed by atoms with E-state index in [9.17, 15) is 4.39 Å². The third-order valence-corrected chi connectivity index (χ3v) is 3.85. The standard InChI is InChI=1S/C14H18FN3O/c1-9-17-11-7-10(15)3-4-12(11)18(9)13-5-6-16-8-14(13)19-2/h3-4,7,13-14,16H,5-6,8H2,1-2H3. The van der Waals surface area contributed by atoms with E-state index in [1.807, 2.05) is 6.92 Å². The molecule has 0 radical (unpaired) electrons. The Morgan fingerprint density at radius 2 is 2.32 bits per heavy atom. The van der Waals surface area contributed by atoms with E-state index in [1.165, 1.54) is 12.1 Å². The van der Waals surface area contributed by atoms with E-state index >= 15 is 0 Å². The average molecular weight is 263 g/mol. The Labute approximate surface area is 111 Å². The van der Waals surface area contributed by atoms with E-state index in [0.29, 0.717) is 5.52 Å². The fourth-order valence-electron chi connectivity index (χ4n) is 2.96. The summed E-state index contributed by atoms with van der Waals surface area (Å²) in [6, 6.07) is 5.03. The van der Waals surface area contributed by atoms with E-state index in [2.05, 4.69) is 14.9 Å². The molecule has 0 saturated carbocycles. The van der Waals surface area contributed by atoms with Gasteiger partial charge in [-0.15, -0.1) is 0 Å². The van der Waals surface area contributed by atoms with E-state index in [0.717, 1.165) is 30.9 Å². The van der Waals surface area contributed by atoms with Crippen LogP contribution in [-0.2, 0) is 4.74 Å². The normalized spacial score (nSPS) is 23.9. The highest BCUT2D eigenvalue weighted by atomic mass is 19.1. The third kappa shape index (κ3) is 2.13. The molecule has 1 aliphatic rings. The molecule has 102 valence electrons. The number of piperidine rings is 1. The summed E-state index contributed by atoms with van der Waals surface area (Å²) in [6.07, 6.45) is 1.11. The molecule has 0 aliphatic carbocycles. The van der Waals surface area contributed by atoms with E-state index in [-0.39, 0.29) is 18.0 Å². The molecule has 3 rings (SSSR count). The van der Waals surface area contributed by atoms with Gasteiger partial charge in [-0.2, -0.15) is 0 Å². The Hall–Kier alpha value is -1.46. The van der Waals surface area contributed by atoms with Gasteiger partial charge in [-0.25, -0.2) is 9.37 Å². The lowest BCUT2D eigenvalue weighted by atomic mass is 10.0.